The monoisotopic (exact) mass is 407 g/mol. The molecule has 1 unspecified atom stereocenters. The number of thiophene rings is 1. The zero-order valence-electron chi connectivity index (χ0n) is 14.5. The zero-order chi connectivity index (χ0) is 19.4. The van der Waals surface area contributed by atoms with Crippen LogP contribution in [0.4, 0.5) is 15.5 Å². The SMILES string of the molecule is CCOC(=O)NC(=O)c1ccsc1NC(=O)C1Nc2ccc(OC)cc2S1. The highest BCUT2D eigenvalue weighted by Gasteiger charge is 2.29. The summed E-state index contributed by atoms with van der Waals surface area (Å²) >= 11 is 2.55. The average Bonchev–Trinajstić information content (AvgIpc) is 3.27. The van der Waals surface area contributed by atoms with Gasteiger partial charge in [0.25, 0.3) is 11.8 Å². The lowest BCUT2D eigenvalue weighted by Gasteiger charge is -2.11. The van der Waals surface area contributed by atoms with Crippen molar-refractivity contribution in [1.29, 1.82) is 0 Å². The van der Waals surface area contributed by atoms with Crippen molar-refractivity contribution in [3.8, 4) is 5.75 Å². The number of rotatable bonds is 5. The molecular formula is C17H17N3O5S2. The fourth-order valence-corrected chi connectivity index (χ4v) is 4.18. The first-order valence-electron chi connectivity index (χ1n) is 7.99. The van der Waals surface area contributed by atoms with E-state index in [4.69, 9.17) is 4.74 Å². The lowest BCUT2D eigenvalue weighted by Crippen LogP contribution is -2.32. The number of imide groups is 1. The highest BCUT2D eigenvalue weighted by molar-refractivity contribution is 8.01. The standard InChI is InChI=1S/C17H17N3O5S2/c1-3-25-17(23)20-13(21)10-6-7-26-15(10)19-14(22)16-18-11-5-4-9(24-2)8-12(11)27-16/h4-8,16,18H,3H2,1-2H3,(H,19,22)(H,20,21,23). The fraction of sp³-hybridized carbons (Fsp3) is 0.235. The van der Waals surface area contributed by atoms with E-state index in [0.29, 0.717) is 10.8 Å². The maximum atomic E-state index is 12.6. The first kappa shape index (κ1) is 19.1. The van der Waals surface area contributed by atoms with Crippen molar-refractivity contribution in [2.75, 3.05) is 24.4 Å². The van der Waals surface area contributed by atoms with Gasteiger partial charge in [-0.05, 0) is 36.6 Å². The Morgan fingerprint density at radius 1 is 1.26 bits per heavy atom. The molecule has 3 rings (SSSR count). The Hall–Kier alpha value is -2.72. The average molecular weight is 407 g/mol. The molecule has 1 aromatic heterocycles. The van der Waals surface area contributed by atoms with Crippen LogP contribution in [0.2, 0.25) is 0 Å². The number of benzene rings is 1. The van der Waals surface area contributed by atoms with Gasteiger partial charge >= 0.3 is 6.09 Å². The van der Waals surface area contributed by atoms with E-state index in [0.717, 1.165) is 10.6 Å². The first-order valence-corrected chi connectivity index (χ1v) is 9.75. The number of hydrogen-bond acceptors (Lipinski definition) is 8. The number of fused-ring (bicyclic) bond motifs is 1. The fourth-order valence-electron chi connectivity index (χ4n) is 2.35. The van der Waals surface area contributed by atoms with E-state index in [1.165, 1.54) is 29.2 Å². The number of methoxy groups -OCH3 is 1. The summed E-state index contributed by atoms with van der Waals surface area (Å²) in [7, 11) is 1.58. The van der Waals surface area contributed by atoms with E-state index in [9.17, 15) is 14.4 Å². The first-order chi connectivity index (χ1) is 13.0. The van der Waals surface area contributed by atoms with Gasteiger partial charge in [-0.2, -0.15) is 0 Å². The molecule has 1 aliphatic rings. The molecular weight excluding hydrogens is 390 g/mol. The number of thioether (sulfide) groups is 1. The number of ether oxygens (including phenoxy) is 2. The van der Waals surface area contributed by atoms with Gasteiger partial charge in [0, 0.05) is 10.6 Å². The largest absolute Gasteiger partial charge is 0.497 e. The van der Waals surface area contributed by atoms with Gasteiger partial charge in [0.2, 0.25) is 0 Å². The number of nitrogens with one attached hydrogen (secondary N) is 3. The van der Waals surface area contributed by atoms with Crippen molar-refractivity contribution in [1.82, 2.24) is 5.32 Å². The third-order valence-corrected chi connectivity index (χ3v) is 5.59. The normalized spacial score (nSPS) is 14.7. The van der Waals surface area contributed by atoms with Crippen LogP contribution < -0.4 is 20.7 Å². The molecule has 0 bridgehead atoms. The minimum absolute atomic E-state index is 0.155. The molecule has 2 heterocycles. The molecule has 10 heteroatoms. The summed E-state index contributed by atoms with van der Waals surface area (Å²) in [6, 6.07) is 7.04. The maximum absolute atomic E-state index is 12.6. The lowest BCUT2D eigenvalue weighted by molar-refractivity contribution is -0.115. The summed E-state index contributed by atoms with van der Waals surface area (Å²) in [4.78, 5) is 37.1. The molecule has 1 aromatic carbocycles. The molecule has 0 aliphatic carbocycles. The number of anilines is 2. The molecule has 0 spiro atoms. The summed E-state index contributed by atoms with van der Waals surface area (Å²) in [6.07, 6.45) is -0.830. The van der Waals surface area contributed by atoms with Gasteiger partial charge in [-0.25, -0.2) is 4.79 Å². The molecule has 0 radical (unpaired) electrons. The van der Waals surface area contributed by atoms with Crippen LogP contribution in [0.3, 0.4) is 0 Å². The van der Waals surface area contributed by atoms with E-state index in [1.54, 1.807) is 19.4 Å². The minimum Gasteiger partial charge on any atom is -0.497 e. The molecule has 0 fully saturated rings. The van der Waals surface area contributed by atoms with Crippen LogP contribution >= 0.6 is 23.1 Å². The molecule has 27 heavy (non-hydrogen) atoms. The summed E-state index contributed by atoms with van der Waals surface area (Å²) in [5, 5.41) is 9.44. The Bertz CT molecular complexity index is 883. The van der Waals surface area contributed by atoms with Crippen molar-refractivity contribution in [3.05, 3.63) is 35.2 Å². The third-order valence-electron chi connectivity index (χ3n) is 3.60. The third kappa shape index (κ3) is 4.34. The number of amides is 3. The summed E-state index contributed by atoms with van der Waals surface area (Å²) in [5.41, 5.74) is 1.04. The number of alkyl carbamates (subject to hydrolysis) is 1. The Morgan fingerprint density at radius 2 is 2.07 bits per heavy atom. The van der Waals surface area contributed by atoms with Crippen molar-refractivity contribution < 1.29 is 23.9 Å². The minimum atomic E-state index is -0.830. The Kier molecular flexibility index (Phi) is 5.87. The summed E-state index contributed by atoms with van der Waals surface area (Å²) in [6.45, 7) is 1.79. The van der Waals surface area contributed by atoms with Crippen molar-refractivity contribution in [3.63, 3.8) is 0 Å². The van der Waals surface area contributed by atoms with Crippen LogP contribution in [0.1, 0.15) is 17.3 Å². The number of carbonyl (C=O) groups excluding carboxylic acids is 3. The van der Waals surface area contributed by atoms with Gasteiger partial charge in [0.1, 0.15) is 10.8 Å². The van der Waals surface area contributed by atoms with Gasteiger partial charge in [0.15, 0.2) is 5.37 Å². The molecule has 142 valence electrons. The second-order valence-electron chi connectivity index (χ2n) is 5.33. The van der Waals surface area contributed by atoms with E-state index in [2.05, 4.69) is 20.7 Å². The van der Waals surface area contributed by atoms with Crippen LogP contribution in [0.25, 0.3) is 0 Å². The van der Waals surface area contributed by atoms with Gasteiger partial charge in [-0.3, -0.25) is 14.9 Å². The Labute approximate surface area is 163 Å². The van der Waals surface area contributed by atoms with Gasteiger partial charge in [-0.1, -0.05) is 11.8 Å². The van der Waals surface area contributed by atoms with Crippen LogP contribution in [-0.4, -0.2) is 37.0 Å². The zero-order valence-corrected chi connectivity index (χ0v) is 16.2. The van der Waals surface area contributed by atoms with E-state index in [-0.39, 0.29) is 18.1 Å². The van der Waals surface area contributed by atoms with Gasteiger partial charge in [-0.15, -0.1) is 11.3 Å². The van der Waals surface area contributed by atoms with Crippen molar-refractivity contribution >= 4 is 51.7 Å². The maximum Gasteiger partial charge on any atom is 0.414 e. The second-order valence-corrected chi connectivity index (χ2v) is 7.39. The van der Waals surface area contributed by atoms with Crippen LogP contribution in [0.15, 0.2) is 34.5 Å². The topological polar surface area (TPSA) is 106 Å². The van der Waals surface area contributed by atoms with E-state index in [1.807, 2.05) is 18.2 Å². The summed E-state index contributed by atoms with van der Waals surface area (Å²) in [5.74, 6) is -0.229. The van der Waals surface area contributed by atoms with Crippen LogP contribution in [-0.2, 0) is 9.53 Å². The van der Waals surface area contributed by atoms with Crippen molar-refractivity contribution in [2.45, 2.75) is 17.2 Å². The van der Waals surface area contributed by atoms with Gasteiger partial charge in [0.05, 0.1) is 19.3 Å². The van der Waals surface area contributed by atoms with Crippen LogP contribution in [0, 0.1) is 0 Å². The smallest absolute Gasteiger partial charge is 0.414 e. The van der Waals surface area contributed by atoms with E-state index >= 15 is 0 Å². The quantitative estimate of drug-likeness (QED) is 0.699. The highest BCUT2D eigenvalue weighted by Crippen LogP contribution is 2.41. The summed E-state index contributed by atoms with van der Waals surface area (Å²) < 4.78 is 9.88. The second kappa shape index (κ2) is 8.31. The van der Waals surface area contributed by atoms with Crippen LogP contribution in [0.5, 0.6) is 5.75 Å². The molecule has 3 N–H and O–H groups in total. The molecule has 0 saturated carbocycles. The molecule has 1 aliphatic heterocycles. The highest BCUT2D eigenvalue weighted by atomic mass is 32.2. The predicted molar refractivity (Wildman–Crippen MR) is 104 cm³/mol. The predicted octanol–water partition coefficient (Wildman–Crippen LogP) is 3.13. The molecule has 1 atom stereocenters. The molecule has 8 nitrogen and oxygen atoms in total. The lowest BCUT2D eigenvalue weighted by atomic mass is 10.3. The Balaban J connectivity index is 1.65. The molecule has 2 aromatic rings. The number of hydrogen-bond donors (Lipinski definition) is 3. The molecule has 0 saturated heterocycles. The number of carbonyl (C=O) groups is 3. The van der Waals surface area contributed by atoms with E-state index < -0.39 is 17.4 Å². The Morgan fingerprint density at radius 3 is 2.81 bits per heavy atom. The van der Waals surface area contributed by atoms with Gasteiger partial charge < -0.3 is 20.1 Å². The molecule has 3 amide bonds. The van der Waals surface area contributed by atoms with Crippen molar-refractivity contribution in [2.24, 2.45) is 0 Å².